The van der Waals surface area contributed by atoms with Crippen molar-refractivity contribution in [2.24, 2.45) is 0 Å². The van der Waals surface area contributed by atoms with Gasteiger partial charge in [-0.05, 0) is 36.2 Å². The van der Waals surface area contributed by atoms with E-state index < -0.39 is 11.9 Å². The van der Waals surface area contributed by atoms with E-state index in [1.165, 1.54) is 0 Å². The molecule has 0 saturated carbocycles. The van der Waals surface area contributed by atoms with Gasteiger partial charge in [0.2, 0.25) is 0 Å². The van der Waals surface area contributed by atoms with Crippen LogP contribution in [0.1, 0.15) is 23.7 Å². The van der Waals surface area contributed by atoms with E-state index in [0.29, 0.717) is 29.2 Å². The molecule has 0 aliphatic carbocycles. The number of aliphatic hydroxyl groups excluding tert-OH is 1. The van der Waals surface area contributed by atoms with E-state index in [1.54, 1.807) is 14.2 Å². The molecular formula is C18H18O5. The third-order valence-electron chi connectivity index (χ3n) is 4.51. The number of benzene rings is 2. The van der Waals surface area contributed by atoms with Crippen molar-refractivity contribution in [2.45, 2.75) is 24.7 Å². The minimum absolute atomic E-state index is 0.548. The van der Waals surface area contributed by atoms with Gasteiger partial charge in [-0.25, -0.2) is 0 Å². The second-order valence-electron chi connectivity index (χ2n) is 5.77. The van der Waals surface area contributed by atoms with Crippen molar-refractivity contribution in [1.82, 2.24) is 0 Å². The van der Waals surface area contributed by atoms with Gasteiger partial charge in [-0.15, -0.1) is 0 Å². The topological polar surface area (TPSA) is 57.2 Å². The summed E-state index contributed by atoms with van der Waals surface area (Å²) in [5, 5.41) is 10.8. The van der Waals surface area contributed by atoms with Crippen LogP contribution in [0.5, 0.6) is 23.0 Å². The van der Waals surface area contributed by atoms with Crippen molar-refractivity contribution < 1.29 is 24.1 Å². The Morgan fingerprint density at radius 1 is 1.13 bits per heavy atom. The Hall–Kier alpha value is -2.40. The highest BCUT2D eigenvalue weighted by molar-refractivity contribution is 5.52. The van der Waals surface area contributed by atoms with Crippen LogP contribution >= 0.6 is 0 Å². The summed E-state index contributed by atoms with van der Waals surface area (Å²) in [5.41, 5.74) is 1.75. The first-order valence-electron chi connectivity index (χ1n) is 7.57. The number of aliphatic hydroxyl groups is 1. The molecule has 0 radical (unpaired) electrons. The average molecular weight is 314 g/mol. The van der Waals surface area contributed by atoms with Gasteiger partial charge in [-0.1, -0.05) is 12.1 Å². The van der Waals surface area contributed by atoms with Crippen molar-refractivity contribution in [3.8, 4) is 23.0 Å². The van der Waals surface area contributed by atoms with Crippen LogP contribution in [0.4, 0.5) is 0 Å². The lowest BCUT2D eigenvalue weighted by molar-refractivity contribution is -0.179. The molecule has 1 spiro atoms. The van der Waals surface area contributed by atoms with Crippen molar-refractivity contribution in [2.75, 3.05) is 14.2 Å². The van der Waals surface area contributed by atoms with Crippen molar-refractivity contribution >= 4 is 0 Å². The molecule has 0 unspecified atom stereocenters. The van der Waals surface area contributed by atoms with Crippen LogP contribution in [0.25, 0.3) is 0 Å². The van der Waals surface area contributed by atoms with Crippen LogP contribution in [0.15, 0.2) is 36.4 Å². The molecular weight excluding hydrogens is 296 g/mol. The maximum absolute atomic E-state index is 10.8. The molecule has 0 fully saturated rings. The Morgan fingerprint density at radius 3 is 2.78 bits per heavy atom. The van der Waals surface area contributed by atoms with Gasteiger partial charge in [0.1, 0.15) is 11.5 Å². The van der Waals surface area contributed by atoms with Gasteiger partial charge in [-0.3, -0.25) is 0 Å². The van der Waals surface area contributed by atoms with Crippen LogP contribution in [-0.2, 0) is 6.42 Å². The zero-order valence-electron chi connectivity index (χ0n) is 13.0. The van der Waals surface area contributed by atoms with Crippen LogP contribution < -0.4 is 18.9 Å². The van der Waals surface area contributed by atoms with Crippen LogP contribution in [0.2, 0.25) is 0 Å². The lowest BCUT2D eigenvalue weighted by atomic mass is 9.94. The first kappa shape index (κ1) is 14.2. The Morgan fingerprint density at radius 2 is 2.00 bits per heavy atom. The van der Waals surface area contributed by atoms with E-state index in [9.17, 15) is 5.11 Å². The third kappa shape index (κ3) is 2.04. The predicted molar refractivity (Wildman–Crippen MR) is 83.3 cm³/mol. The van der Waals surface area contributed by atoms with Crippen molar-refractivity contribution in [3.63, 3.8) is 0 Å². The summed E-state index contributed by atoms with van der Waals surface area (Å²) in [7, 11) is 3.22. The molecule has 2 aromatic carbocycles. The summed E-state index contributed by atoms with van der Waals surface area (Å²) in [4.78, 5) is 0. The first-order valence-corrected chi connectivity index (χ1v) is 7.57. The van der Waals surface area contributed by atoms with Gasteiger partial charge in [0, 0.05) is 12.0 Å². The largest absolute Gasteiger partial charge is 0.497 e. The van der Waals surface area contributed by atoms with Crippen LogP contribution in [0, 0.1) is 0 Å². The lowest BCUT2D eigenvalue weighted by Crippen LogP contribution is -2.47. The quantitative estimate of drug-likeness (QED) is 0.924. The summed E-state index contributed by atoms with van der Waals surface area (Å²) < 4.78 is 22.7. The smallest absolute Gasteiger partial charge is 0.281 e. The van der Waals surface area contributed by atoms with E-state index in [1.807, 2.05) is 36.4 Å². The number of hydrogen-bond acceptors (Lipinski definition) is 5. The highest BCUT2D eigenvalue weighted by Crippen LogP contribution is 2.52. The highest BCUT2D eigenvalue weighted by atomic mass is 16.7. The van der Waals surface area contributed by atoms with E-state index in [4.69, 9.17) is 18.9 Å². The summed E-state index contributed by atoms with van der Waals surface area (Å²) in [6, 6.07) is 11.1. The summed E-state index contributed by atoms with van der Waals surface area (Å²) in [6.45, 7) is 0. The molecule has 2 heterocycles. The Balaban J connectivity index is 1.71. The molecule has 4 rings (SSSR count). The molecule has 5 nitrogen and oxygen atoms in total. The summed E-state index contributed by atoms with van der Waals surface area (Å²) in [6.07, 6.45) is 0.425. The zero-order valence-corrected chi connectivity index (χ0v) is 13.0. The summed E-state index contributed by atoms with van der Waals surface area (Å²) >= 11 is 0. The van der Waals surface area contributed by atoms with Gasteiger partial charge in [-0.2, -0.15) is 0 Å². The Kier molecular flexibility index (Phi) is 3.13. The molecule has 1 N–H and O–H groups in total. The second-order valence-corrected chi connectivity index (χ2v) is 5.77. The molecule has 0 amide bonds. The van der Waals surface area contributed by atoms with Gasteiger partial charge in [0.15, 0.2) is 17.6 Å². The number of hydrogen-bond donors (Lipinski definition) is 1. The molecule has 0 saturated heterocycles. The fraction of sp³-hybridized carbons (Fsp3) is 0.333. The van der Waals surface area contributed by atoms with Gasteiger partial charge in [0.25, 0.3) is 5.79 Å². The van der Waals surface area contributed by atoms with E-state index >= 15 is 0 Å². The molecule has 2 aliphatic heterocycles. The van der Waals surface area contributed by atoms with E-state index in [-0.39, 0.29) is 0 Å². The number of aryl methyl sites for hydroxylation is 1. The van der Waals surface area contributed by atoms with Gasteiger partial charge < -0.3 is 24.1 Å². The Labute approximate surface area is 134 Å². The average Bonchev–Trinajstić information content (AvgIpc) is 2.86. The molecule has 23 heavy (non-hydrogen) atoms. The van der Waals surface area contributed by atoms with Crippen molar-refractivity contribution in [3.05, 3.63) is 47.5 Å². The highest BCUT2D eigenvalue weighted by Gasteiger charge is 2.53. The third-order valence-corrected chi connectivity index (χ3v) is 4.51. The molecule has 2 atom stereocenters. The zero-order chi connectivity index (χ0) is 16.0. The minimum atomic E-state index is -1.10. The number of ether oxygens (including phenoxy) is 4. The SMILES string of the molecule is COc1ccc2c(c1)CC[C@@]1(O2)Oc2c(OC)cccc2[C@@H]1O. The maximum Gasteiger partial charge on any atom is 0.281 e. The molecule has 2 aromatic rings. The van der Waals surface area contributed by atoms with E-state index in [2.05, 4.69) is 0 Å². The second kappa shape index (κ2) is 5.06. The maximum atomic E-state index is 10.8. The fourth-order valence-corrected chi connectivity index (χ4v) is 3.27. The van der Waals surface area contributed by atoms with Gasteiger partial charge in [0.05, 0.1) is 14.2 Å². The van der Waals surface area contributed by atoms with Gasteiger partial charge >= 0.3 is 0 Å². The number of rotatable bonds is 2. The molecule has 2 aliphatic rings. The predicted octanol–water partition coefficient (Wildman–Crippen LogP) is 2.85. The fourth-order valence-electron chi connectivity index (χ4n) is 3.27. The minimum Gasteiger partial charge on any atom is -0.497 e. The Bertz CT molecular complexity index is 757. The molecule has 0 bridgehead atoms. The molecule has 0 aromatic heterocycles. The number of para-hydroxylation sites is 1. The molecule has 5 heteroatoms. The van der Waals surface area contributed by atoms with Crippen LogP contribution in [-0.4, -0.2) is 25.1 Å². The molecule has 120 valence electrons. The standard InChI is InChI=1S/C18H18O5/c1-20-12-6-7-14-11(10-12)8-9-18(22-14)17(19)13-4-3-5-15(21-2)16(13)23-18/h3-7,10,17,19H,8-9H2,1-2H3/t17-,18+/m0/s1. The number of fused-ring (bicyclic) bond motifs is 2. The van der Waals surface area contributed by atoms with Crippen molar-refractivity contribution in [1.29, 1.82) is 0 Å². The lowest BCUT2D eigenvalue weighted by Gasteiger charge is -2.36. The number of methoxy groups -OCH3 is 2. The van der Waals surface area contributed by atoms with Crippen LogP contribution in [0.3, 0.4) is 0 Å². The summed E-state index contributed by atoms with van der Waals surface area (Å²) in [5.74, 6) is 1.56. The monoisotopic (exact) mass is 314 g/mol. The van der Waals surface area contributed by atoms with E-state index in [0.717, 1.165) is 17.7 Å². The normalized spacial score (nSPS) is 24.4. The first-order chi connectivity index (χ1) is 11.2.